The van der Waals surface area contributed by atoms with E-state index in [2.05, 4.69) is 27.9 Å². The highest BCUT2D eigenvalue weighted by atomic mass is 127. The molecule has 3 rings (SSSR count). The number of ether oxygens (including phenoxy) is 2. The lowest BCUT2D eigenvalue weighted by Gasteiger charge is -2.41. The van der Waals surface area contributed by atoms with Gasteiger partial charge in [-0.1, -0.05) is 25.1 Å². The summed E-state index contributed by atoms with van der Waals surface area (Å²) in [4.78, 5) is 27.6. The second kappa shape index (κ2) is 13.2. The minimum atomic E-state index is -1.05. The van der Waals surface area contributed by atoms with E-state index in [1.165, 1.54) is 6.08 Å². The lowest BCUT2D eigenvalue weighted by molar-refractivity contribution is -0.135. The molecule has 0 spiro atoms. The monoisotopic (exact) mass is 584 g/mol. The molecule has 1 aliphatic carbocycles. The van der Waals surface area contributed by atoms with E-state index in [1.807, 2.05) is 25.1 Å². The molecule has 1 heterocycles. The van der Waals surface area contributed by atoms with Crippen molar-refractivity contribution in [3.8, 4) is 5.75 Å². The van der Waals surface area contributed by atoms with E-state index in [9.17, 15) is 14.7 Å². The van der Waals surface area contributed by atoms with E-state index in [0.717, 1.165) is 16.4 Å². The third kappa shape index (κ3) is 7.03. The Morgan fingerprint density at radius 3 is 2.82 bits per heavy atom. The third-order valence-corrected chi connectivity index (χ3v) is 6.81. The molecular weight excluding hydrogens is 551 g/mol. The predicted octanol–water partition coefficient (Wildman–Crippen LogP) is 2.18. The van der Waals surface area contributed by atoms with Gasteiger partial charge in [0.05, 0.1) is 22.3 Å². The number of amides is 2. The van der Waals surface area contributed by atoms with Gasteiger partial charge in [0.15, 0.2) is 0 Å². The number of aliphatic hydroxyl groups is 2. The van der Waals surface area contributed by atoms with Gasteiger partial charge in [-0.05, 0) is 66.1 Å². The maximum atomic E-state index is 13.2. The predicted molar refractivity (Wildman–Crippen MR) is 136 cm³/mol. The Balaban J connectivity index is 1.92. The quantitative estimate of drug-likeness (QED) is 0.288. The number of halogens is 1. The molecule has 1 aliphatic heterocycles. The second-order valence-corrected chi connectivity index (χ2v) is 9.54. The van der Waals surface area contributed by atoms with Crippen LogP contribution in [0.3, 0.4) is 0 Å². The number of nitrogens with one attached hydrogen (secondary N) is 1. The van der Waals surface area contributed by atoms with E-state index in [4.69, 9.17) is 14.6 Å². The van der Waals surface area contributed by atoms with Crippen LogP contribution in [0, 0.1) is 3.57 Å². The van der Waals surface area contributed by atoms with Crippen molar-refractivity contribution in [1.82, 2.24) is 10.2 Å². The van der Waals surface area contributed by atoms with E-state index < -0.39 is 18.2 Å². The van der Waals surface area contributed by atoms with Crippen molar-refractivity contribution in [3.05, 3.63) is 51.6 Å². The molecule has 0 aromatic heterocycles. The molecule has 9 heteroatoms. The SMILES string of the molecule is CCC=CC(=O)N(C[C@@H]1CCCO1)[C@@H]1CC(C(=O)NCCO)=C[C@H](Oc2ccccc2I)[C@H]1O. The lowest BCUT2D eigenvalue weighted by atomic mass is 9.87. The summed E-state index contributed by atoms with van der Waals surface area (Å²) in [6.07, 6.45) is 5.56. The van der Waals surface area contributed by atoms with Gasteiger partial charge in [-0.25, -0.2) is 0 Å². The highest BCUT2D eigenvalue weighted by Crippen LogP contribution is 2.30. The van der Waals surface area contributed by atoms with Gasteiger partial charge in [-0.3, -0.25) is 9.59 Å². The minimum absolute atomic E-state index is 0.113. The van der Waals surface area contributed by atoms with Gasteiger partial charge in [0, 0.05) is 31.7 Å². The molecule has 1 saturated heterocycles. The van der Waals surface area contributed by atoms with Crippen molar-refractivity contribution in [3.63, 3.8) is 0 Å². The summed E-state index contributed by atoms with van der Waals surface area (Å²) in [5.41, 5.74) is 0.407. The molecule has 0 unspecified atom stereocenters. The summed E-state index contributed by atoms with van der Waals surface area (Å²) in [5, 5.41) is 23.2. The largest absolute Gasteiger partial charge is 0.482 e. The first-order chi connectivity index (χ1) is 16.4. The average molecular weight is 584 g/mol. The minimum Gasteiger partial charge on any atom is -0.482 e. The fraction of sp³-hybridized carbons (Fsp3) is 0.520. The molecule has 4 atom stereocenters. The number of allylic oxidation sites excluding steroid dienone is 1. The number of benzene rings is 1. The Morgan fingerprint density at radius 1 is 1.35 bits per heavy atom. The van der Waals surface area contributed by atoms with E-state index in [-0.39, 0.29) is 37.5 Å². The number of rotatable bonds is 10. The Labute approximate surface area is 214 Å². The van der Waals surface area contributed by atoms with Crippen molar-refractivity contribution >= 4 is 34.4 Å². The molecule has 2 amide bonds. The van der Waals surface area contributed by atoms with Crippen molar-refractivity contribution in [1.29, 1.82) is 0 Å². The van der Waals surface area contributed by atoms with Gasteiger partial charge in [0.2, 0.25) is 11.8 Å². The van der Waals surface area contributed by atoms with Crippen LogP contribution in [0.15, 0.2) is 48.1 Å². The number of hydrogen-bond donors (Lipinski definition) is 3. The van der Waals surface area contributed by atoms with Crippen LogP contribution in [0.4, 0.5) is 0 Å². The number of carbonyl (C=O) groups excluding carboxylic acids is 2. The van der Waals surface area contributed by atoms with Crippen molar-refractivity contribution in [2.75, 3.05) is 26.3 Å². The summed E-state index contributed by atoms with van der Waals surface area (Å²) in [6.45, 7) is 2.86. The maximum absolute atomic E-state index is 13.2. The molecule has 1 aromatic carbocycles. The fourth-order valence-electron chi connectivity index (χ4n) is 4.18. The normalized spacial score (nSPS) is 24.6. The molecule has 2 aliphatic rings. The average Bonchev–Trinajstić information content (AvgIpc) is 3.35. The standard InChI is InChI=1S/C25H33IN2O6/c1-2-3-10-23(30)28(16-18-7-6-13-33-18)20-14-17(25(32)27-11-12-29)15-22(24(20)31)34-21-9-5-4-8-19(21)26/h3-5,8-10,15,18,20,22,24,29,31H,2,6-7,11-14,16H2,1H3,(H,27,32)/t18-,20+,22-,24-/m0/s1. The summed E-state index contributed by atoms with van der Waals surface area (Å²) in [5.74, 6) is 0.00410. The maximum Gasteiger partial charge on any atom is 0.247 e. The van der Waals surface area contributed by atoms with Crippen LogP contribution in [0.25, 0.3) is 0 Å². The summed E-state index contributed by atoms with van der Waals surface area (Å²) < 4.78 is 12.8. The van der Waals surface area contributed by atoms with Crippen LogP contribution in [0.1, 0.15) is 32.6 Å². The number of aliphatic hydroxyl groups excluding tert-OH is 2. The van der Waals surface area contributed by atoms with E-state index in [1.54, 1.807) is 23.1 Å². The number of hydrogen-bond acceptors (Lipinski definition) is 6. The van der Waals surface area contributed by atoms with Crippen molar-refractivity contribution < 1.29 is 29.3 Å². The molecule has 34 heavy (non-hydrogen) atoms. The lowest BCUT2D eigenvalue weighted by Crippen LogP contribution is -2.56. The van der Waals surface area contributed by atoms with Gasteiger partial charge in [0.25, 0.3) is 0 Å². The Bertz CT molecular complexity index is 899. The Morgan fingerprint density at radius 2 is 2.15 bits per heavy atom. The van der Waals surface area contributed by atoms with E-state index in [0.29, 0.717) is 30.9 Å². The van der Waals surface area contributed by atoms with Gasteiger partial charge < -0.3 is 29.9 Å². The van der Waals surface area contributed by atoms with Gasteiger partial charge in [-0.15, -0.1) is 0 Å². The molecule has 1 fully saturated rings. The van der Waals surface area contributed by atoms with Gasteiger partial charge >= 0.3 is 0 Å². The summed E-state index contributed by atoms with van der Waals surface area (Å²) in [7, 11) is 0. The zero-order valence-corrected chi connectivity index (χ0v) is 21.5. The van der Waals surface area contributed by atoms with Crippen LogP contribution in [-0.2, 0) is 14.3 Å². The van der Waals surface area contributed by atoms with Crippen molar-refractivity contribution in [2.45, 2.75) is 57.0 Å². The second-order valence-electron chi connectivity index (χ2n) is 8.38. The molecule has 0 radical (unpaired) electrons. The smallest absolute Gasteiger partial charge is 0.247 e. The number of para-hydroxylation sites is 1. The fourth-order valence-corrected chi connectivity index (χ4v) is 4.69. The Kier molecular flexibility index (Phi) is 10.4. The molecular formula is C25H33IN2O6. The van der Waals surface area contributed by atoms with Crippen molar-refractivity contribution in [2.24, 2.45) is 0 Å². The first-order valence-corrected chi connectivity index (χ1v) is 12.8. The number of nitrogens with zero attached hydrogens (tertiary/aromatic N) is 1. The molecule has 0 bridgehead atoms. The highest BCUT2D eigenvalue weighted by molar-refractivity contribution is 14.1. The molecule has 0 saturated carbocycles. The van der Waals surface area contributed by atoms with Crippen LogP contribution in [-0.4, -0.2) is 77.6 Å². The first-order valence-electron chi connectivity index (χ1n) is 11.7. The molecule has 3 N–H and O–H groups in total. The third-order valence-electron chi connectivity index (χ3n) is 5.92. The van der Waals surface area contributed by atoms with Crippen LogP contribution < -0.4 is 10.1 Å². The van der Waals surface area contributed by atoms with Crippen LogP contribution >= 0.6 is 22.6 Å². The highest BCUT2D eigenvalue weighted by Gasteiger charge is 2.41. The van der Waals surface area contributed by atoms with Crippen LogP contribution in [0.2, 0.25) is 0 Å². The first kappa shape index (κ1) is 26.7. The molecule has 186 valence electrons. The Hall–Kier alpha value is -1.95. The van der Waals surface area contributed by atoms with Gasteiger partial charge in [-0.2, -0.15) is 0 Å². The van der Waals surface area contributed by atoms with E-state index >= 15 is 0 Å². The number of carbonyl (C=O) groups is 2. The zero-order chi connectivity index (χ0) is 24.5. The van der Waals surface area contributed by atoms with Gasteiger partial charge in [0.1, 0.15) is 18.0 Å². The zero-order valence-electron chi connectivity index (χ0n) is 19.4. The molecule has 1 aromatic rings. The summed E-state index contributed by atoms with van der Waals surface area (Å²) in [6, 6.07) is 6.75. The molecule has 8 nitrogen and oxygen atoms in total. The topological polar surface area (TPSA) is 108 Å². The summed E-state index contributed by atoms with van der Waals surface area (Å²) >= 11 is 2.15. The van der Waals surface area contributed by atoms with Crippen LogP contribution in [0.5, 0.6) is 5.75 Å².